The zero-order valence-electron chi connectivity index (χ0n) is 18.9. The number of carbonyl (C=O) groups excluding carboxylic acids is 1. The number of hydrogen-bond acceptors (Lipinski definition) is 1. The van der Waals surface area contributed by atoms with Crippen molar-refractivity contribution in [3.63, 3.8) is 0 Å². The number of allylic oxidation sites excluding steroid dienone is 1. The molecule has 33 heavy (non-hydrogen) atoms. The average molecular weight is 502 g/mol. The smallest absolute Gasteiger partial charge is 0.235 e. The molecule has 2 atom stereocenters. The first-order valence-electron chi connectivity index (χ1n) is 11.6. The Labute approximate surface area is 204 Å². The van der Waals surface area contributed by atoms with E-state index in [0.29, 0.717) is 6.42 Å². The predicted octanol–water partition coefficient (Wildman–Crippen LogP) is 6.03. The van der Waals surface area contributed by atoms with E-state index in [1.54, 1.807) is 0 Å². The summed E-state index contributed by atoms with van der Waals surface area (Å²) in [5.41, 5.74) is 3.66. The van der Waals surface area contributed by atoms with E-state index in [0.717, 1.165) is 46.2 Å². The van der Waals surface area contributed by atoms with Gasteiger partial charge in [0.05, 0.1) is 5.41 Å². The number of benzene rings is 3. The van der Waals surface area contributed by atoms with Gasteiger partial charge < -0.3 is 5.32 Å². The predicted molar refractivity (Wildman–Crippen MR) is 141 cm³/mol. The molecule has 1 aliphatic rings. The lowest BCUT2D eigenvalue weighted by Crippen LogP contribution is -2.62. The van der Waals surface area contributed by atoms with E-state index >= 15 is 0 Å². The lowest BCUT2D eigenvalue weighted by Gasteiger charge is -2.34. The van der Waals surface area contributed by atoms with E-state index in [4.69, 9.17) is 0 Å². The normalized spacial score (nSPS) is 18.5. The van der Waals surface area contributed by atoms with Gasteiger partial charge in [0, 0.05) is 28.7 Å². The summed E-state index contributed by atoms with van der Waals surface area (Å²) < 4.78 is 1.06. The Morgan fingerprint density at radius 3 is 2.48 bits per heavy atom. The monoisotopic (exact) mass is 501 g/mol. The molecule has 0 spiro atoms. The number of hydrogen-bond donors (Lipinski definition) is 2. The molecule has 0 saturated heterocycles. The van der Waals surface area contributed by atoms with Crippen molar-refractivity contribution in [2.24, 2.45) is 5.92 Å². The molecule has 2 N–H and O–H groups in total. The number of rotatable bonds is 9. The molecule has 0 saturated carbocycles. The van der Waals surface area contributed by atoms with E-state index in [1.807, 2.05) is 60.7 Å². The molecule has 3 aromatic rings. The van der Waals surface area contributed by atoms with Crippen LogP contribution in [0.2, 0.25) is 0 Å². The summed E-state index contributed by atoms with van der Waals surface area (Å²) in [5.74, 6) is 0.284. The van der Waals surface area contributed by atoms with Crippen molar-refractivity contribution in [1.82, 2.24) is 0 Å². The maximum Gasteiger partial charge on any atom is 0.235 e. The minimum absolute atomic E-state index is 0.108. The van der Waals surface area contributed by atoms with Crippen molar-refractivity contribution >= 4 is 45.5 Å². The van der Waals surface area contributed by atoms with Crippen LogP contribution in [-0.2, 0) is 10.2 Å². The zero-order chi connectivity index (χ0) is 23.1. The third-order valence-corrected chi connectivity index (χ3v) is 6.99. The molecule has 3 aromatic carbocycles. The first-order valence-corrected chi connectivity index (χ1v) is 12.4. The molecular weight excluding hydrogens is 472 g/mol. The van der Waals surface area contributed by atoms with Crippen LogP contribution >= 0.6 is 15.9 Å². The fourth-order valence-corrected chi connectivity index (χ4v) is 5.10. The SMILES string of the molecule is CCC[C@H](CC=[NH+]c1ccc(Br)cc1)[C@]1(C/C=C/c2ccccc2)C(=O)Nc2ccccc21. The Morgan fingerprint density at radius 2 is 1.73 bits per heavy atom. The van der Waals surface area contributed by atoms with Crippen LogP contribution < -0.4 is 10.3 Å². The van der Waals surface area contributed by atoms with E-state index in [2.05, 4.69) is 69.7 Å². The second kappa shape index (κ2) is 10.8. The Morgan fingerprint density at radius 1 is 1.00 bits per heavy atom. The molecule has 0 radical (unpaired) electrons. The van der Waals surface area contributed by atoms with Gasteiger partial charge in [0.2, 0.25) is 11.6 Å². The lowest BCUT2D eigenvalue weighted by molar-refractivity contribution is -0.349. The van der Waals surface area contributed by atoms with Crippen LogP contribution in [0.1, 0.15) is 43.7 Å². The third-order valence-electron chi connectivity index (χ3n) is 6.46. The van der Waals surface area contributed by atoms with Crippen LogP contribution in [0.25, 0.3) is 6.08 Å². The van der Waals surface area contributed by atoms with Crippen LogP contribution in [0, 0.1) is 5.92 Å². The van der Waals surface area contributed by atoms with Gasteiger partial charge in [0.1, 0.15) is 6.21 Å². The van der Waals surface area contributed by atoms with Crippen molar-refractivity contribution in [3.05, 3.63) is 101 Å². The van der Waals surface area contributed by atoms with Crippen molar-refractivity contribution in [2.75, 3.05) is 5.32 Å². The van der Waals surface area contributed by atoms with Crippen molar-refractivity contribution in [2.45, 2.75) is 38.0 Å². The molecule has 1 heterocycles. The van der Waals surface area contributed by atoms with Gasteiger partial charge in [0.15, 0.2) is 0 Å². The number of fused-ring (bicyclic) bond motifs is 1. The van der Waals surface area contributed by atoms with Crippen LogP contribution in [0.4, 0.5) is 11.4 Å². The van der Waals surface area contributed by atoms with E-state index in [-0.39, 0.29) is 11.8 Å². The van der Waals surface area contributed by atoms with Gasteiger partial charge in [-0.15, -0.1) is 0 Å². The highest BCUT2D eigenvalue weighted by molar-refractivity contribution is 9.10. The van der Waals surface area contributed by atoms with Gasteiger partial charge in [-0.25, -0.2) is 4.99 Å². The molecule has 4 rings (SSSR count). The van der Waals surface area contributed by atoms with Crippen LogP contribution in [0.5, 0.6) is 0 Å². The summed E-state index contributed by atoms with van der Waals surface area (Å²) in [6.07, 6.45) is 9.87. The van der Waals surface area contributed by atoms with E-state index in [9.17, 15) is 4.79 Å². The molecule has 0 aliphatic carbocycles. The third kappa shape index (κ3) is 5.17. The Hall–Kier alpha value is -2.98. The number of anilines is 1. The van der Waals surface area contributed by atoms with Gasteiger partial charge in [-0.3, -0.25) is 4.79 Å². The first kappa shape index (κ1) is 23.2. The average Bonchev–Trinajstić information content (AvgIpc) is 3.12. The fourth-order valence-electron chi connectivity index (χ4n) is 4.84. The van der Waals surface area contributed by atoms with Crippen LogP contribution in [-0.4, -0.2) is 12.1 Å². The summed E-state index contributed by atoms with van der Waals surface area (Å²) in [7, 11) is 0. The highest BCUT2D eigenvalue weighted by atomic mass is 79.9. The van der Waals surface area contributed by atoms with Gasteiger partial charge in [-0.2, -0.15) is 0 Å². The highest BCUT2D eigenvalue weighted by Gasteiger charge is 2.50. The molecule has 0 bridgehead atoms. The largest absolute Gasteiger partial charge is 0.325 e. The summed E-state index contributed by atoms with van der Waals surface area (Å²) in [6, 6.07) is 26.6. The standard InChI is InChI=1S/C29H29BrN2O/c1-2-9-23(19-21-31-25-17-15-24(30)16-18-25)29(20-8-12-22-10-4-3-5-11-22)26-13-6-7-14-27(26)32-28(29)33/h3-8,10-18,21,23H,2,9,19-20H2,1H3,(H,32,33)/p+1/b12-8+,31-21?/t23-,29+/m1/s1. The molecule has 4 heteroatoms. The number of amides is 1. The molecule has 0 unspecified atom stereocenters. The summed E-state index contributed by atoms with van der Waals surface area (Å²) in [5, 5.41) is 3.18. The molecule has 1 amide bonds. The maximum atomic E-state index is 13.6. The summed E-state index contributed by atoms with van der Waals surface area (Å²) in [6.45, 7) is 2.20. The first-order chi connectivity index (χ1) is 16.1. The number of nitrogens with one attached hydrogen (secondary N) is 2. The topological polar surface area (TPSA) is 43.1 Å². The van der Waals surface area contributed by atoms with Crippen molar-refractivity contribution in [3.8, 4) is 0 Å². The second-order valence-electron chi connectivity index (χ2n) is 8.56. The van der Waals surface area contributed by atoms with Gasteiger partial charge in [-0.1, -0.05) is 90.0 Å². The molecular formula is C29H30BrN2O+. The summed E-state index contributed by atoms with van der Waals surface area (Å²) >= 11 is 3.48. The number of halogens is 1. The minimum atomic E-state index is -0.588. The molecule has 0 aromatic heterocycles. The number of carbonyl (C=O) groups is 1. The van der Waals surface area contributed by atoms with Crippen molar-refractivity contribution < 1.29 is 9.79 Å². The molecule has 168 valence electrons. The summed E-state index contributed by atoms with van der Waals surface area (Å²) in [4.78, 5) is 17.0. The van der Waals surface area contributed by atoms with E-state index in [1.165, 1.54) is 0 Å². The molecule has 0 fully saturated rings. The maximum absolute atomic E-state index is 13.6. The van der Waals surface area contributed by atoms with Gasteiger partial charge in [-0.05, 0) is 48.1 Å². The molecule has 3 nitrogen and oxygen atoms in total. The minimum Gasteiger partial charge on any atom is -0.325 e. The Bertz CT molecular complexity index is 1140. The van der Waals surface area contributed by atoms with Crippen molar-refractivity contribution in [1.29, 1.82) is 0 Å². The Balaban J connectivity index is 1.66. The van der Waals surface area contributed by atoms with Gasteiger partial charge >= 0.3 is 0 Å². The Kier molecular flexibility index (Phi) is 7.56. The van der Waals surface area contributed by atoms with E-state index < -0.39 is 5.41 Å². The fraction of sp³-hybridized carbons (Fsp3) is 0.241. The zero-order valence-corrected chi connectivity index (χ0v) is 20.5. The number of para-hydroxylation sites is 1. The lowest BCUT2D eigenvalue weighted by atomic mass is 9.66. The van der Waals surface area contributed by atoms with Crippen LogP contribution in [0.15, 0.2) is 89.4 Å². The molecule has 1 aliphatic heterocycles. The highest BCUT2D eigenvalue weighted by Crippen LogP contribution is 2.48. The quantitative estimate of drug-likeness (QED) is 0.345. The second-order valence-corrected chi connectivity index (χ2v) is 9.48. The van der Waals surface area contributed by atoms with Gasteiger partial charge in [0.25, 0.3) is 0 Å². The van der Waals surface area contributed by atoms with Crippen LogP contribution in [0.3, 0.4) is 0 Å².